The molecule has 1 aliphatic rings. The summed E-state index contributed by atoms with van der Waals surface area (Å²) in [6.07, 6.45) is 5.47. The van der Waals surface area contributed by atoms with Crippen molar-refractivity contribution >= 4 is 5.82 Å². The van der Waals surface area contributed by atoms with Crippen molar-refractivity contribution in [3.8, 4) is 22.8 Å². The van der Waals surface area contributed by atoms with Gasteiger partial charge in [-0.2, -0.15) is 0 Å². The number of nitrogens with one attached hydrogen (secondary N) is 2. The molecular weight excluding hydrogens is 356 g/mol. The van der Waals surface area contributed by atoms with Gasteiger partial charge in [-0.05, 0) is 52.7 Å². The van der Waals surface area contributed by atoms with Crippen LogP contribution in [0.2, 0.25) is 0 Å². The Hall–Kier alpha value is -2.38. The minimum absolute atomic E-state index is 0.0619. The predicted octanol–water partition coefficient (Wildman–Crippen LogP) is 3.55. The fourth-order valence-electron chi connectivity index (χ4n) is 4.14. The number of methoxy groups -OCH3 is 1. The van der Waals surface area contributed by atoms with Crippen molar-refractivity contribution in [1.82, 2.24) is 15.3 Å². The van der Waals surface area contributed by atoms with E-state index in [0.29, 0.717) is 17.5 Å². The second kappa shape index (κ2) is 7.93. The number of nitrogens with zero attached hydrogens (tertiary/aromatic N) is 2. The molecule has 7 nitrogen and oxygen atoms in total. The first kappa shape index (κ1) is 20.4. The monoisotopic (exact) mass is 386 g/mol. The highest BCUT2D eigenvalue weighted by Gasteiger charge is 2.37. The van der Waals surface area contributed by atoms with Crippen LogP contribution >= 0.6 is 0 Å². The lowest BCUT2D eigenvalue weighted by molar-refractivity contribution is 0.0514. The number of aromatic nitrogens is 2. The molecule has 0 spiro atoms. The lowest BCUT2D eigenvalue weighted by atomic mass is 9.79. The van der Waals surface area contributed by atoms with Gasteiger partial charge in [0.05, 0.1) is 18.1 Å². The molecule has 0 amide bonds. The molecule has 2 heterocycles. The van der Waals surface area contributed by atoms with E-state index in [-0.39, 0.29) is 23.6 Å². The molecule has 1 fully saturated rings. The lowest BCUT2D eigenvalue weighted by Gasteiger charge is -2.46. The Bertz CT molecular complexity index is 790. The van der Waals surface area contributed by atoms with Gasteiger partial charge in [-0.15, -0.1) is 0 Å². The van der Waals surface area contributed by atoms with E-state index >= 15 is 0 Å². The Morgan fingerprint density at radius 2 is 1.86 bits per heavy atom. The highest BCUT2D eigenvalue weighted by atomic mass is 16.7. The van der Waals surface area contributed by atoms with Gasteiger partial charge in [0.25, 0.3) is 0 Å². The number of hydrogen-bond donors (Lipinski definition) is 3. The first-order valence-corrected chi connectivity index (χ1v) is 9.50. The van der Waals surface area contributed by atoms with Gasteiger partial charge in [0.15, 0.2) is 6.79 Å². The van der Waals surface area contributed by atoms with E-state index < -0.39 is 0 Å². The molecule has 0 unspecified atom stereocenters. The van der Waals surface area contributed by atoms with Gasteiger partial charge in [0.1, 0.15) is 17.3 Å². The number of benzene rings is 1. The molecule has 28 heavy (non-hydrogen) atoms. The first-order chi connectivity index (χ1) is 13.2. The van der Waals surface area contributed by atoms with Crippen molar-refractivity contribution in [1.29, 1.82) is 0 Å². The SMILES string of the molecule is COCOc1cc(O)ccc1-c1cnc(NC2CC(C)(C)NC(C)(C)C2)cn1. The Balaban J connectivity index is 1.75. The van der Waals surface area contributed by atoms with Gasteiger partial charge < -0.3 is 25.2 Å². The maximum atomic E-state index is 9.72. The van der Waals surface area contributed by atoms with Crippen molar-refractivity contribution in [2.45, 2.75) is 57.7 Å². The van der Waals surface area contributed by atoms with Gasteiger partial charge >= 0.3 is 0 Å². The largest absolute Gasteiger partial charge is 0.508 e. The number of phenols is 1. The molecule has 0 saturated carbocycles. The lowest BCUT2D eigenvalue weighted by Crippen LogP contribution is -2.60. The third-order valence-electron chi connectivity index (χ3n) is 4.77. The minimum Gasteiger partial charge on any atom is -0.508 e. The van der Waals surface area contributed by atoms with Crippen molar-refractivity contribution in [2.24, 2.45) is 0 Å². The molecule has 1 aromatic carbocycles. The summed E-state index contributed by atoms with van der Waals surface area (Å²) in [6, 6.07) is 5.22. The van der Waals surface area contributed by atoms with Crippen LogP contribution in [0.15, 0.2) is 30.6 Å². The van der Waals surface area contributed by atoms with E-state index in [1.807, 2.05) is 0 Å². The highest BCUT2D eigenvalue weighted by molar-refractivity contribution is 5.68. The molecule has 1 saturated heterocycles. The van der Waals surface area contributed by atoms with Crippen LogP contribution in [-0.2, 0) is 4.74 Å². The highest BCUT2D eigenvalue weighted by Crippen LogP contribution is 2.33. The molecule has 0 aliphatic carbocycles. The molecule has 152 valence electrons. The third-order valence-corrected chi connectivity index (χ3v) is 4.77. The summed E-state index contributed by atoms with van der Waals surface area (Å²) in [7, 11) is 1.55. The first-order valence-electron chi connectivity index (χ1n) is 9.50. The second-order valence-electron chi connectivity index (χ2n) is 8.66. The molecule has 3 N–H and O–H groups in total. The van der Waals surface area contributed by atoms with Gasteiger partial charge in [-0.25, -0.2) is 4.98 Å². The van der Waals surface area contributed by atoms with Crippen molar-refractivity contribution in [2.75, 3.05) is 19.2 Å². The summed E-state index contributed by atoms with van der Waals surface area (Å²) in [5.74, 6) is 1.37. The van der Waals surface area contributed by atoms with E-state index in [9.17, 15) is 5.11 Å². The molecule has 2 aromatic rings. The number of aromatic hydroxyl groups is 1. The normalized spacial score (nSPS) is 18.6. The quantitative estimate of drug-likeness (QED) is 0.654. The van der Waals surface area contributed by atoms with E-state index in [4.69, 9.17) is 9.47 Å². The summed E-state index contributed by atoms with van der Waals surface area (Å²) in [5, 5.41) is 16.9. The summed E-state index contributed by atoms with van der Waals surface area (Å²) in [6.45, 7) is 8.99. The average molecular weight is 386 g/mol. The molecule has 0 bridgehead atoms. The Morgan fingerprint density at radius 3 is 2.46 bits per heavy atom. The van der Waals surface area contributed by atoms with Crippen LogP contribution in [-0.4, -0.2) is 46.1 Å². The van der Waals surface area contributed by atoms with E-state index in [1.165, 1.54) is 0 Å². The summed E-state index contributed by atoms with van der Waals surface area (Å²) in [4.78, 5) is 9.09. The zero-order chi connectivity index (χ0) is 20.4. The molecule has 7 heteroatoms. The molecular formula is C21H30N4O3. The van der Waals surface area contributed by atoms with E-state index in [0.717, 1.165) is 24.2 Å². The maximum Gasteiger partial charge on any atom is 0.188 e. The Labute approximate surface area is 166 Å². The van der Waals surface area contributed by atoms with Crippen LogP contribution < -0.4 is 15.4 Å². The number of hydrogen-bond acceptors (Lipinski definition) is 7. The van der Waals surface area contributed by atoms with Crippen molar-refractivity contribution < 1.29 is 14.6 Å². The van der Waals surface area contributed by atoms with Gasteiger partial charge in [0, 0.05) is 35.9 Å². The topological polar surface area (TPSA) is 88.5 Å². The van der Waals surface area contributed by atoms with Crippen molar-refractivity contribution in [3.63, 3.8) is 0 Å². The Kier molecular flexibility index (Phi) is 5.76. The predicted molar refractivity (Wildman–Crippen MR) is 110 cm³/mol. The molecule has 1 aromatic heterocycles. The van der Waals surface area contributed by atoms with Gasteiger partial charge in [-0.1, -0.05) is 0 Å². The minimum atomic E-state index is 0.0619. The van der Waals surface area contributed by atoms with E-state index in [2.05, 4.69) is 48.3 Å². The van der Waals surface area contributed by atoms with Crippen LogP contribution in [0.3, 0.4) is 0 Å². The Morgan fingerprint density at radius 1 is 1.14 bits per heavy atom. The van der Waals surface area contributed by atoms with Gasteiger partial charge in [-0.3, -0.25) is 4.98 Å². The van der Waals surface area contributed by atoms with Gasteiger partial charge in [0.2, 0.25) is 0 Å². The van der Waals surface area contributed by atoms with Crippen LogP contribution in [0.5, 0.6) is 11.5 Å². The van der Waals surface area contributed by atoms with Crippen molar-refractivity contribution in [3.05, 3.63) is 30.6 Å². The smallest absolute Gasteiger partial charge is 0.188 e. The molecule has 3 rings (SSSR count). The third kappa shape index (κ3) is 5.11. The fourth-order valence-corrected chi connectivity index (χ4v) is 4.14. The number of piperidine rings is 1. The standard InChI is InChI=1S/C21H30N4O3/c1-20(2)9-14(10-21(3,4)25-20)24-19-12-22-17(11-23-19)16-7-6-15(26)8-18(16)28-13-27-5/h6-8,11-12,14,25-26H,9-10,13H2,1-5H3,(H,23,24). The average Bonchev–Trinajstić information content (AvgIpc) is 2.58. The number of anilines is 1. The molecule has 1 aliphatic heterocycles. The van der Waals surface area contributed by atoms with E-state index in [1.54, 1.807) is 37.7 Å². The van der Waals surface area contributed by atoms with Crippen LogP contribution in [0.1, 0.15) is 40.5 Å². The molecule has 0 radical (unpaired) electrons. The summed E-state index contributed by atoms with van der Waals surface area (Å²) < 4.78 is 10.5. The van der Waals surface area contributed by atoms with Crippen LogP contribution in [0.25, 0.3) is 11.3 Å². The summed E-state index contributed by atoms with van der Waals surface area (Å²) in [5.41, 5.74) is 1.54. The zero-order valence-corrected chi connectivity index (χ0v) is 17.2. The molecule has 0 atom stereocenters. The number of phenolic OH excluding ortho intramolecular Hbond substituents is 1. The second-order valence-corrected chi connectivity index (χ2v) is 8.66. The number of ether oxygens (including phenoxy) is 2. The van der Waals surface area contributed by atoms with Crippen LogP contribution in [0.4, 0.5) is 5.82 Å². The number of rotatable bonds is 6. The summed E-state index contributed by atoms with van der Waals surface area (Å²) >= 11 is 0. The zero-order valence-electron chi connectivity index (χ0n) is 17.2. The maximum absolute atomic E-state index is 9.72. The van der Waals surface area contributed by atoms with Crippen LogP contribution in [0, 0.1) is 0 Å². The fraction of sp³-hybridized carbons (Fsp3) is 0.524.